The van der Waals surface area contributed by atoms with Gasteiger partial charge in [0.2, 0.25) is 0 Å². The molecule has 0 aromatic carbocycles. The predicted octanol–water partition coefficient (Wildman–Crippen LogP) is 1.15. The van der Waals surface area contributed by atoms with Gasteiger partial charge in [-0.25, -0.2) is 8.42 Å². The molecule has 0 aliphatic carbocycles. The Bertz CT molecular complexity index is 478. The first kappa shape index (κ1) is 13.5. The van der Waals surface area contributed by atoms with Gasteiger partial charge in [-0.15, -0.1) is 24.0 Å². The number of hydrogen-bond acceptors (Lipinski definition) is 5. The Morgan fingerprint density at radius 2 is 2.19 bits per heavy atom. The molecule has 1 heterocycles. The van der Waals surface area contributed by atoms with Crippen LogP contribution in [0.5, 0.6) is 0 Å². The van der Waals surface area contributed by atoms with Crippen LogP contribution in [0.4, 0.5) is 0 Å². The van der Waals surface area contributed by atoms with E-state index in [1.54, 1.807) is 18.5 Å². The molecule has 0 spiro atoms. The molecule has 90 valence electrons. The third kappa shape index (κ3) is 4.15. The van der Waals surface area contributed by atoms with Crippen molar-refractivity contribution in [1.29, 1.82) is 0 Å². The first-order valence-corrected chi connectivity index (χ1v) is 7.89. The van der Waals surface area contributed by atoms with Gasteiger partial charge in [0.25, 0.3) is 5.91 Å². The monoisotopic (exact) mass is 279 g/mol. The number of nitrogens with zero attached hydrogens (tertiary/aromatic N) is 1. The average Bonchev–Trinajstić information content (AvgIpc) is 2.59. The molecule has 1 rings (SSSR count). The van der Waals surface area contributed by atoms with E-state index in [0.29, 0.717) is 4.88 Å². The summed E-state index contributed by atoms with van der Waals surface area (Å²) >= 11 is 5.41. The second kappa shape index (κ2) is 5.20. The maximum Gasteiger partial charge on any atom is 0.263 e. The fourth-order valence-electron chi connectivity index (χ4n) is 1.03. The van der Waals surface area contributed by atoms with Gasteiger partial charge in [-0.2, -0.15) is 0 Å². The predicted molar refractivity (Wildman–Crippen MR) is 68.2 cm³/mol. The van der Waals surface area contributed by atoms with Crippen LogP contribution in [0.3, 0.4) is 0 Å². The number of amides is 1. The number of carbonyl (C=O) groups excluding carboxylic acids is 1. The van der Waals surface area contributed by atoms with Crippen molar-refractivity contribution < 1.29 is 13.2 Å². The summed E-state index contributed by atoms with van der Waals surface area (Å²) < 4.78 is 21.9. The highest BCUT2D eigenvalue weighted by Gasteiger charge is 2.15. The number of hydrogen-bond donors (Lipinski definition) is 1. The zero-order valence-electron chi connectivity index (χ0n) is 9.00. The van der Waals surface area contributed by atoms with Gasteiger partial charge < -0.3 is 4.90 Å². The van der Waals surface area contributed by atoms with Gasteiger partial charge in [-0.3, -0.25) is 4.79 Å². The molecule has 0 fully saturated rings. The molecule has 0 saturated carbocycles. The summed E-state index contributed by atoms with van der Waals surface area (Å²) in [6.07, 6.45) is 1.16. The van der Waals surface area contributed by atoms with E-state index in [0.717, 1.165) is 11.2 Å². The number of rotatable bonds is 4. The average molecular weight is 279 g/mol. The number of thiol groups is 1. The van der Waals surface area contributed by atoms with E-state index >= 15 is 0 Å². The highest BCUT2D eigenvalue weighted by molar-refractivity contribution is 7.90. The largest absolute Gasteiger partial charge is 0.340 e. The van der Waals surface area contributed by atoms with Gasteiger partial charge in [0, 0.05) is 30.1 Å². The normalized spacial score (nSPS) is 11.4. The lowest BCUT2D eigenvalue weighted by atomic mass is 10.4. The zero-order valence-corrected chi connectivity index (χ0v) is 11.5. The van der Waals surface area contributed by atoms with E-state index in [1.807, 2.05) is 0 Å². The van der Waals surface area contributed by atoms with Gasteiger partial charge in [-0.05, 0) is 6.07 Å². The van der Waals surface area contributed by atoms with Crippen LogP contribution >= 0.6 is 24.0 Å². The lowest BCUT2D eigenvalue weighted by Crippen LogP contribution is -2.30. The molecule has 1 aromatic rings. The van der Waals surface area contributed by atoms with Crippen molar-refractivity contribution in [2.24, 2.45) is 0 Å². The Labute approximate surface area is 105 Å². The Kier molecular flexibility index (Phi) is 4.40. The first-order valence-electron chi connectivity index (χ1n) is 4.50. The van der Waals surface area contributed by atoms with Gasteiger partial charge in [0.1, 0.15) is 9.84 Å². The minimum absolute atomic E-state index is 0.0195. The van der Waals surface area contributed by atoms with Crippen molar-refractivity contribution >= 4 is 39.7 Å². The molecule has 1 amide bonds. The van der Waals surface area contributed by atoms with Gasteiger partial charge >= 0.3 is 0 Å². The highest BCUT2D eigenvalue weighted by atomic mass is 32.2. The quantitative estimate of drug-likeness (QED) is 0.841. The van der Waals surface area contributed by atoms with E-state index in [-0.39, 0.29) is 18.2 Å². The molecule has 7 heteroatoms. The molecule has 0 bridgehead atoms. The Morgan fingerprint density at radius 3 is 2.62 bits per heavy atom. The maximum absolute atomic E-state index is 11.8. The van der Waals surface area contributed by atoms with Crippen molar-refractivity contribution in [2.45, 2.75) is 4.90 Å². The minimum Gasteiger partial charge on any atom is -0.340 e. The third-order valence-electron chi connectivity index (χ3n) is 1.94. The second-order valence-electron chi connectivity index (χ2n) is 3.53. The Hall–Kier alpha value is -0.530. The van der Waals surface area contributed by atoms with Crippen LogP contribution in [-0.2, 0) is 9.84 Å². The van der Waals surface area contributed by atoms with Crippen LogP contribution in [0.15, 0.2) is 16.3 Å². The van der Waals surface area contributed by atoms with Crippen molar-refractivity contribution in [2.75, 3.05) is 25.6 Å². The van der Waals surface area contributed by atoms with Crippen LogP contribution in [0.1, 0.15) is 9.67 Å². The molecule has 0 N–H and O–H groups in total. The van der Waals surface area contributed by atoms with Crippen LogP contribution in [0.2, 0.25) is 0 Å². The van der Waals surface area contributed by atoms with E-state index in [4.69, 9.17) is 0 Å². The Morgan fingerprint density at radius 1 is 1.56 bits per heavy atom. The van der Waals surface area contributed by atoms with Crippen molar-refractivity contribution in [3.8, 4) is 0 Å². The van der Waals surface area contributed by atoms with Crippen LogP contribution in [0, 0.1) is 0 Å². The van der Waals surface area contributed by atoms with E-state index in [1.165, 1.54) is 16.2 Å². The van der Waals surface area contributed by atoms with Gasteiger partial charge in [0.15, 0.2) is 0 Å². The molecule has 0 aliphatic heterocycles. The molecule has 0 radical (unpaired) electrons. The fourth-order valence-corrected chi connectivity index (χ4v) is 2.78. The second-order valence-corrected chi connectivity index (χ2v) is 7.21. The van der Waals surface area contributed by atoms with Gasteiger partial charge in [-0.1, -0.05) is 0 Å². The van der Waals surface area contributed by atoms with Crippen molar-refractivity contribution in [1.82, 2.24) is 4.90 Å². The van der Waals surface area contributed by atoms with Crippen molar-refractivity contribution in [3.05, 3.63) is 16.3 Å². The Balaban J connectivity index is 2.61. The molecule has 4 nitrogen and oxygen atoms in total. The molecular formula is C9H13NO3S3. The summed E-state index contributed by atoms with van der Waals surface area (Å²) in [5.41, 5.74) is 0. The van der Waals surface area contributed by atoms with Crippen LogP contribution < -0.4 is 0 Å². The number of thiophene rings is 1. The first-order chi connectivity index (χ1) is 7.29. The summed E-state index contributed by atoms with van der Waals surface area (Å²) in [5, 5.41) is 1.76. The highest BCUT2D eigenvalue weighted by Crippen LogP contribution is 2.18. The molecule has 16 heavy (non-hydrogen) atoms. The van der Waals surface area contributed by atoms with Crippen LogP contribution in [0.25, 0.3) is 0 Å². The summed E-state index contributed by atoms with van der Waals surface area (Å²) in [6.45, 7) is 0.206. The smallest absolute Gasteiger partial charge is 0.263 e. The van der Waals surface area contributed by atoms with E-state index in [2.05, 4.69) is 12.6 Å². The fraction of sp³-hybridized carbons (Fsp3) is 0.444. The summed E-state index contributed by atoms with van der Waals surface area (Å²) in [7, 11) is -1.45. The van der Waals surface area contributed by atoms with E-state index in [9.17, 15) is 13.2 Å². The van der Waals surface area contributed by atoms with Gasteiger partial charge in [0.05, 0.1) is 10.6 Å². The standard InChI is InChI=1S/C9H13NO3S3/c1-10(3-4-16(2,12)13)9(11)8-5-7(14)6-15-8/h5-6,14H,3-4H2,1-2H3. The lowest BCUT2D eigenvalue weighted by molar-refractivity contribution is 0.0808. The van der Waals surface area contributed by atoms with Crippen LogP contribution in [-0.4, -0.2) is 44.8 Å². The van der Waals surface area contributed by atoms with Crippen molar-refractivity contribution in [3.63, 3.8) is 0 Å². The minimum atomic E-state index is -3.04. The van der Waals surface area contributed by atoms with E-state index < -0.39 is 9.84 Å². The molecule has 1 aromatic heterocycles. The topological polar surface area (TPSA) is 54.5 Å². The summed E-state index contributed by atoms with van der Waals surface area (Å²) in [5.74, 6) is -0.192. The number of carbonyl (C=O) groups is 1. The molecular weight excluding hydrogens is 266 g/mol. The number of sulfone groups is 1. The molecule has 0 atom stereocenters. The summed E-state index contributed by atoms with van der Waals surface area (Å²) in [4.78, 5) is 14.5. The zero-order chi connectivity index (χ0) is 12.3. The molecule has 0 aliphatic rings. The lowest BCUT2D eigenvalue weighted by Gasteiger charge is -2.15. The maximum atomic E-state index is 11.8. The molecule has 0 unspecified atom stereocenters. The molecule has 0 saturated heterocycles. The third-order valence-corrected chi connectivity index (χ3v) is 4.22. The SMILES string of the molecule is CN(CCS(C)(=O)=O)C(=O)c1cc(S)cs1. The summed E-state index contributed by atoms with van der Waals surface area (Å²) in [6, 6.07) is 1.67.